The normalized spacial score (nSPS) is 21.7. The Hall–Kier alpha value is -2.37. The average Bonchev–Trinajstić information content (AvgIpc) is 3.34. The van der Waals surface area contributed by atoms with Gasteiger partial charge in [0.25, 0.3) is 5.56 Å². The first-order chi connectivity index (χ1) is 14.1. The monoisotopic (exact) mass is 443 g/mol. The third kappa shape index (κ3) is 3.84. The van der Waals surface area contributed by atoms with Crippen LogP contribution in [0.15, 0.2) is 14.4 Å². The molecule has 162 valence electrons. The van der Waals surface area contributed by atoms with Crippen LogP contribution < -0.4 is 5.56 Å². The van der Waals surface area contributed by atoms with E-state index in [2.05, 4.69) is 15.2 Å². The zero-order chi connectivity index (χ0) is 21.6. The molecule has 2 atom stereocenters. The number of carbonyl (C=O) groups excluding carboxylic acids is 1. The van der Waals surface area contributed by atoms with Gasteiger partial charge in [-0.15, -0.1) is 10.2 Å². The molecule has 1 amide bonds. The van der Waals surface area contributed by atoms with Gasteiger partial charge in [0.15, 0.2) is 5.16 Å². The van der Waals surface area contributed by atoms with E-state index in [1.807, 2.05) is 0 Å². The number of aryl methyl sites for hydroxylation is 1. The first-order valence-corrected chi connectivity index (χ1v) is 10.5. The fourth-order valence-corrected chi connectivity index (χ4v) is 4.95. The molecule has 2 aliphatic heterocycles. The SMILES string of the molecule is Cc1nc2n(c(=O)c1C)[C@H](CC(=O)N1CCC[C@H](c3nnc(C(F)(F)F)o3)C1)CS2. The van der Waals surface area contributed by atoms with Crippen LogP contribution in [0, 0.1) is 13.8 Å². The highest BCUT2D eigenvalue weighted by Crippen LogP contribution is 2.35. The van der Waals surface area contributed by atoms with Crippen molar-refractivity contribution in [1.82, 2.24) is 24.6 Å². The Kier molecular flexibility index (Phi) is 5.37. The second-order valence-corrected chi connectivity index (χ2v) is 8.56. The van der Waals surface area contributed by atoms with Crippen LogP contribution in [0.5, 0.6) is 0 Å². The summed E-state index contributed by atoms with van der Waals surface area (Å²) in [7, 11) is 0. The van der Waals surface area contributed by atoms with Crippen LogP contribution in [0.1, 0.15) is 54.3 Å². The predicted octanol–water partition coefficient (Wildman–Crippen LogP) is 2.71. The number of hydrogen-bond acceptors (Lipinski definition) is 7. The smallest absolute Gasteiger partial charge is 0.417 e. The molecule has 0 spiro atoms. The standard InChI is InChI=1S/C18H20F3N5O3S/c1-9-10(2)22-17-26(15(9)28)12(8-30-17)6-13(27)25-5-3-4-11(7-25)14-23-24-16(29-14)18(19,20)21/h11-12H,3-8H2,1-2H3/t11-,12+/m0/s1. The van der Waals surface area contributed by atoms with Gasteiger partial charge in [-0.1, -0.05) is 11.8 Å². The zero-order valence-corrected chi connectivity index (χ0v) is 17.2. The van der Waals surface area contributed by atoms with Crippen molar-refractivity contribution in [3.8, 4) is 0 Å². The lowest BCUT2D eigenvalue weighted by Gasteiger charge is -2.32. The first kappa shape index (κ1) is 20.9. The van der Waals surface area contributed by atoms with Crippen molar-refractivity contribution in [3.05, 3.63) is 33.4 Å². The summed E-state index contributed by atoms with van der Waals surface area (Å²) in [6.07, 6.45) is -3.38. The van der Waals surface area contributed by atoms with E-state index in [0.717, 1.165) is 0 Å². The average molecular weight is 443 g/mol. The minimum Gasteiger partial charge on any atom is -0.417 e. The molecule has 0 bridgehead atoms. The number of carbonyl (C=O) groups is 1. The molecule has 2 aromatic heterocycles. The molecule has 8 nitrogen and oxygen atoms in total. The Morgan fingerprint density at radius 2 is 2.07 bits per heavy atom. The summed E-state index contributed by atoms with van der Waals surface area (Å²) in [6.45, 7) is 4.22. The van der Waals surface area contributed by atoms with E-state index in [-0.39, 0.29) is 36.4 Å². The lowest BCUT2D eigenvalue weighted by atomic mass is 9.97. The summed E-state index contributed by atoms with van der Waals surface area (Å²) in [5.41, 5.74) is 1.11. The van der Waals surface area contributed by atoms with E-state index in [0.29, 0.717) is 41.6 Å². The van der Waals surface area contributed by atoms with Gasteiger partial charge >= 0.3 is 12.1 Å². The predicted molar refractivity (Wildman–Crippen MR) is 100 cm³/mol. The van der Waals surface area contributed by atoms with Crippen molar-refractivity contribution in [2.45, 2.75) is 56.4 Å². The van der Waals surface area contributed by atoms with E-state index in [9.17, 15) is 22.8 Å². The minimum absolute atomic E-state index is 0.104. The highest BCUT2D eigenvalue weighted by Gasteiger charge is 2.40. The highest BCUT2D eigenvalue weighted by molar-refractivity contribution is 7.99. The molecule has 0 aliphatic carbocycles. The Balaban J connectivity index is 1.46. The number of amides is 1. The van der Waals surface area contributed by atoms with Crippen LogP contribution in [0.25, 0.3) is 0 Å². The summed E-state index contributed by atoms with van der Waals surface area (Å²) in [6, 6.07) is -0.294. The number of halogens is 3. The summed E-state index contributed by atoms with van der Waals surface area (Å²) in [5, 5.41) is 7.22. The van der Waals surface area contributed by atoms with Gasteiger partial charge in [-0.25, -0.2) is 4.98 Å². The molecule has 2 aliphatic rings. The Labute approximate surface area is 173 Å². The van der Waals surface area contributed by atoms with Gasteiger partial charge in [-0.3, -0.25) is 14.2 Å². The lowest BCUT2D eigenvalue weighted by molar-refractivity contribution is -0.157. The molecular weight excluding hydrogens is 423 g/mol. The van der Waals surface area contributed by atoms with Crippen molar-refractivity contribution in [2.75, 3.05) is 18.8 Å². The molecule has 12 heteroatoms. The lowest BCUT2D eigenvalue weighted by Crippen LogP contribution is -2.40. The number of nitrogens with zero attached hydrogens (tertiary/aromatic N) is 5. The van der Waals surface area contributed by atoms with Crippen LogP contribution in [-0.2, 0) is 11.0 Å². The molecule has 0 unspecified atom stereocenters. The van der Waals surface area contributed by atoms with E-state index in [1.165, 1.54) is 11.8 Å². The van der Waals surface area contributed by atoms with Crippen LogP contribution in [0.2, 0.25) is 0 Å². The summed E-state index contributed by atoms with van der Waals surface area (Å²) < 4.78 is 44.5. The van der Waals surface area contributed by atoms with E-state index < -0.39 is 18.0 Å². The third-order valence-corrected chi connectivity index (χ3v) is 6.64. The van der Waals surface area contributed by atoms with Gasteiger partial charge in [0, 0.05) is 36.5 Å². The van der Waals surface area contributed by atoms with Crippen LogP contribution in [0.3, 0.4) is 0 Å². The fourth-order valence-electron chi connectivity index (χ4n) is 3.77. The van der Waals surface area contributed by atoms with Crippen molar-refractivity contribution in [1.29, 1.82) is 0 Å². The molecule has 30 heavy (non-hydrogen) atoms. The number of hydrogen-bond donors (Lipinski definition) is 0. The molecule has 0 N–H and O–H groups in total. The van der Waals surface area contributed by atoms with Gasteiger partial charge in [0.1, 0.15) is 0 Å². The summed E-state index contributed by atoms with van der Waals surface area (Å²) in [5.74, 6) is -1.50. The Morgan fingerprint density at radius 3 is 2.77 bits per heavy atom. The van der Waals surface area contributed by atoms with Gasteiger partial charge in [-0.05, 0) is 26.7 Å². The number of rotatable bonds is 3. The number of fused-ring (bicyclic) bond motifs is 1. The molecule has 0 saturated carbocycles. The van der Waals surface area contributed by atoms with E-state index >= 15 is 0 Å². The fraction of sp³-hybridized carbons (Fsp3) is 0.611. The van der Waals surface area contributed by atoms with Crippen molar-refractivity contribution < 1.29 is 22.4 Å². The second kappa shape index (κ2) is 7.71. The second-order valence-electron chi connectivity index (χ2n) is 7.57. The van der Waals surface area contributed by atoms with Crippen molar-refractivity contribution >= 4 is 17.7 Å². The molecule has 1 saturated heterocycles. The molecule has 4 heterocycles. The number of thioether (sulfide) groups is 1. The minimum atomic E-state index is -4.69. The van der Waals surface area contributed by atoms with Crippen LogP contribution in [-0.4, -0.2) is 49.4 Å². The molecule has 0 radical (unpaired) electrons. The number of likely N-dealkylation sites (tertiary alicyclic amines) is 1. The topological polar surface area (TPSA) is 94.1 Å². The van der Waals surface area contributed by atoms with Crippen LogP contribution in [0.4, 0.5) is 13.2 Å². The number of aromatic nitrogens is 4. The van der Waals surface area contributed by atoms with E-state index in [1.54, 1.807) is 23.3 Å². The summed E-state index contributed by atoms with van der Waals surface area (Å²) in [4.78, 5) is 31.6. The van der Waals surface area contributed by atoms with Crippen molar-refractivity contribution in [3.63, 3.8) is 0 Å². The number of piperidine rings is 1. The molecule has 1 fully saturated rings. The highest BCUT2D eigenvalue weighted by atomic mass is 32.2. The van der Waals surface area contributed by atoms with Crippen molar-refractivity contribution in [2.24, 2.45) is 0 Å². The third-order valence-electron chi connectivity index (χ3n) is 5.54. The van der Waals surface area contributed by atoms with Gasteiger partial charge in [0.2, 0.25) is 11.8 Å². The molecule has 0 aromatic carbocycles. The molecular formula is C18H20F3N5O3S. The van der Waals surface area contributed by atoms with Crippen LogP contribution >= 0.6 is 11.8 Å². The van der Waals surface area contributed by atoms with Gasteiger partial charge < -0.3 is 9.32 Å². The maximum Gasteiger partial charge on any atom is 0.470 e. The van der Waals surface area contributed by atoms with Gasteiger partial charge in [-0.2, -0.15) is 13.2 Å². The van der Waals surface area contributed by atoms with E-state index in [4.69, 9.17) is 4.42 Å². The molecule has 4 rings (SSSR count). The number of alkyl halides is 3. The maximum atomic E-state index is 12.9. The zero-order valence-electron chi connectivity index (χ0n) is 16.4. The van der Waals surface area contributed by atoms with Gasteiger partial charge in [0.05, 0.1) is 12.0 Å². The quantitative estimate of drug-likeness (QED) is 0.674. The maximum absolute atomic E-state index is 12.9. The largest absolute Gasteiger partial charge is 0.470 e. The Morgan fingerprint density at radius 1 is 1.30 bits per heavy atom. The first-order valence-electron chi connectivity index (χ1n) is 9.56. The summed E-state index contributed by atoms with van der Waals surface area (Å²) >= 11 is 1.45. The Bertz CT molecular complexity index is 1040. The molecule has 2 aromatic rings.